The van der Waals surface area contributed by atoms with Gasteiger partial charge in [-0.2, -0.15) is 10.2 Å². The van der Waals surface area contributed by atoms with Crippen LogP contribution in [0.15, 0.2) is 117 Å². The molecule has 0 saturated heterocycles. The first-order valence-electron chi connectivity index (χ1n) is 14.4. The molecule has 252 valence electrons. The second kappa shape index (κ2) is 16.6. The van der Waals surface area contributed by atoms with Gasteiger partial charge in [0.15, 0.2) is 0 Å². The molecule has 0 aromatic heterocycles. The first-order chi connectivity index (χ1) is 23.8. The van der Waals surface area contributed by atoms with E-state index in [1.165, 1.54) is 36.4 Å². The Hall–Kier alpha value is -4.27. The van der Waals surface area contributed by atoms with Crippen molar-refractivity contribution >= 4 is 84.2 Å². The molecule has 6 rings (SSSR count). The largest absolute Gasteiger partial charge is 1.00 e. The Labute approximate surface area is 341 Å². The third-order valence-corrected chi connectivity index (χ3v) is 8.96. The molecule has 0 atom stereocenters. The standard InChI is InChI=1S/C33H24N6O9S2.2Na/c40-31-25-13-11-23(15-19(25)17-27(49(43,44)45)29(31)38-36-21-7-3-1-4-8-21)34-33(42)35-24-12-14-26-20(16-24)18-28(50(46,47)48)30(32(26)41)39-37-22-9-5-2-6-10-22;;/h1-18,36-37H,(H2,34,35,42)(H,43,44,45)(H,46,47,48);;/q;2*+1/p-2. The Morgan fingerprint density at radius 3 is 1.25 bits per heavy atom. The molecule has 0 radical (unpaired) electrons. The second-order valence-corrected chi connectivity index (χ2v) is 13.3. The van der Waals surface area contributed by atoms with Crippen molar-refractivity contribution in [3.05, 3.63) is 129 Å². The van der Waals surface area contributed by atoms with Crippen LogP contribution in [0.3, 0.4) is 0 Å². The number of allylic oxidation sites excluding steroid dienone is 2. The summed E-state index contributed by atoms with van der Waals surface area (Å²) in [5.74, 6) is -1.67. The number of ketones is 2. The van der Waals surface area contributed by atoms with Crippen molar-refractivity contribution in [2.24, 2.45) is 10.2 Å². The fourth-order valence-electron chi connectivity index (χ4n) is 4.98. The van der Waals surface area contributed by atoms with Gasteiger partial charge in [-0.15, -0.1) is 0 Å². The van der Waals surface area contributed by atoms with Crippen molar-refractivity contribution in [1.82, 2.24) is 0 Å². The molecular formula is C33H22N6Na2O9S2. The minimum absolute atomic E-state index is 0. The molecule has 52 heavy (non-hydrogen) atoms. The quantitative estimate of drug-likeness (QED) is 0.0911. The number of nitrogens with zero attached hydrogens (tertiary/aromatic N) is 2. The van der Waals surface area contributed by atoms with Gasteiger partial charge in [-0.1, -0.05) is 36.4 Å². The van der Waals surface area contributed by atoms with Gasteiger partial charge in [-0.3, -0.25) is 20.4 Å². The number of carbonyl (C=O) groups excluding carboxylic acids is 3. The van der Waals surface area contributed by atoms with Crippen molar-refractivity contribution in [2.75, 3.05) is 21.5 Å². The van der Waals surface area contributed by atoms with Gasteiger partial charge in [-0.05, 0) is 83.9 Å². The van der Waals surface area contributed by atoms with E-state index in [-0.39, 0.29) is 92.7 Å². The van der Waals surface area contributed by atoms with Crippen LogP contribution in [0.2, 0.25) is 0 Å². The van der Waals surface area contributed by atoms with Gasteiger partial charge >= 0.3 is 65.1 Å². The van der Waals surface area contributed by atoms with E-state index in [0.717, 1.165) is 12.2 Å². The van der Waals surface area contributed by atoms with Gasteiger partial charge in [0, 0.05) is 22.5 Å². The van der Waals surface area contributed by atoms with Crippen LogP contribution in [0.1, 0.15) is 31.8 Å². The van der Waals surface area contributed by atoms with Gasteiger partial charge in [0.25, 0.3) is 0 Å². The molecule has 0 fully saturated rings. The summed E-state index contributed by atoms with van der Waals surface area (Å²) < 4.78 is 72.5. The van der Waals surface area contributed by atoms with Crippen LogP contribution in [-0.4, -0.2) is 55.0 Å². The maximum atomic E-state index is 13.2. The monoisotopic (exact) mass is 756 g/mol. The minimum Gasteiger partial charge on any atom is -0.744 e. The van der Waals surface area contributed by atoms with E-state index in [0.29, 0.717) is 11.4 Å². The van der Waals surface area contributed by atoms with Gasteiger partial charge in [-0.25, -0.2) is 21.6 Å². The molecule has 0 heterocycles. The summed E-state index contributed by atoms with van der Waals surface area (Å²) in [6.07, 6.45) is 1.96. The zero-order valence-corrected chi connectivity index (χ0v) is 32.9. The van der Waals surface area contributed by atoms with Crippen LogP contribution < -0.4 is 80.6 Å². The van der Waals surface area contributed by atoms with E-state index in [9.17, 15) is 40.3 Å². The van der Waals surface area contributed by atoms with Crippen LogP contribution in [0.5, 0.6) is 0 Å². The molecular weight excluding hydrogens is 735 g/mol. The normalized spacial score (nSPS) is 15.2. The predicted octanol–water partition coefficient (Wildman–Crippen LogP) is -1.56. The minimum atomic E-state index is -5.15. The Morgan fingerprint density at radius 2 is 0.904 bits per heavy atom. The zero-order chi connectivity index (χ0) is 35.6. The third kappa shape index (κ3) is 9.20. The summed E-state index contributed by atoms with van der Waals surface area (Å²) in [7, 11) is -10.3. The number of para-hydroxylation sites is 2. The molecule has 0 spiro atoms. The van der Waals surface area contributed by atoms with E-state index < -0.39 is 59.1 Å². The number of hydrazone groups is 2. The first-order valence-corrected chi connectivity index (χ1v) is 17.2. The molecule has 4 N–H and O–H groups in total. The number of anilines is 4. The van der Waals surface area contributed by atoms with Gasteiger partial charge < -0.3 is 19.7 Å². The Balaban J connectivity index is 0.00000302. The summed E-state index contributed by atoms with van der Waals surface area (Å²) in [6, 6.07) is 23.8. The van der Waals surface area contributed by atoms with Gasteiger partial charge in [0.2, 0.25) is 11.6 Å². The fourth-order valence-corrected chi connectivity index (χ4v) is 6.28. The first kappa shape index (κ1) is 40.5. The van der Waals surface area contributed by atoms with Crippen molar-refractivity contribution in [1.29, 1.82) is 0 Å². The van der Waals surface area contributed by atoms with E-state index >= 15 is 0 Å². The van der Waals surface area contributed by atoms with Gasteiger partial charge in [0.1, 0.15) is 31.7 Å². The van der Waals surface area contributed by atoms with E-state index in [2.05, 4.69) is 31.7 Å². The Bertz CT molecular complexity index is 2270. The maximum absolute atomic E-state index is 13.2. The smallest absolute Gasteiger partial charge is 0.744 e. The van der Waals surface area contributed by atoms with Crippen molar-refractivity contribution < 1.29 is 99.4 Å². The molecule has 0 unspecified atom stereocenters. The van der Waals surface area contributed by atoms with Crippen LogP contribution in [0.25, 0.3) is 12.2 Å². The van der Waals surface area contributed by atoms with Crippen LogP contribution in [0.4, 0.5) is 27.5 Å². The molecule has 2 amide bonds. The summed E-state index contributed by atoms with van der Waals surface area (Å²) in [4.78, 5) is 37.6. The zero-order valence-electron chi connectivity index (χ0n) is 27.3. The number of hydrogen-bond acceptors (Lipinski definition) is 13. The Kier molecular flexibility index (Phi) is 12.9. The summed E-state index contributed by atoms with van der Waals surface area (Å²) in [5.41, 5.74) is 5.13. The molecule has 0 aliphatic heterocycles. The number of fused-ring (bicyclic) bond motifs is 2. The second-order valence-electron chi connectivity index (χ2n) is 10.6. The molecule has 0 bridgehead atoms. The van der Waals surface area contributed by atoms with Gasteiger partial charge in [0.05, 0.1) is 21.2 Å². The van der Waals surface area contributed by atoms with Crippen molar-refractivity contribution in [3.63, 3.8) is 0 Å². The molecule has 2 aliphatic rings. The molecule has 0 saturated carbocycles. The molecule has 4 aromatic rings. The SMILES string of the molecule is O=C(Nc1ccc2c(c1)C=C(S(=O)(=O)[O-])C(=NNc1ccccc1)C2=O)Nc1ccc2c(c1)C=C(S(=O)(=O)[O-])C(=NNc1ccccc1)C2=O.[Na+].[Na+]. The van der Waals surface area contributed by atoms with Crippen molar-refractivity contribution in [2.45, 2.75) is 0 Å². The summed E-state index contributed by atoms with van der Waals surface area (Å²) in [5, 5.41) is 12.8. The Morgan fingerprint density at radius 1 is 0.538 bits per heavy atom. The van der Waals surface area contributed by atoms with Crippen LogP contribution >= 0.6 is 0 Å². The average Bonchev–Trinajstić information content (AvgIpc) is 3.07. The number of urea groups is 1. The molecule has 19 heteroatoms. The number of Topliss-reactive ketones (excluding diaryl/α,β-unsaturated/α-hetero) is 2. The summed E-state index contributed by atoms with van der Waals surface area (Å²) >= 11 is 0. The number of hydrogen-bond donors (Lipinski definition) is 4. The van der Waals surface area contributed by atoms with E-state index in [1.54, 1.807) is 60.7 Å². The maximum Gasteiger partial charge on any atom is 1.00 e. The average molecular weight is 757 g/mol. The van der Waals surface area contributed by atoms with Crippen molar-refractivity contribution in [3.8, 4) is 0 Å². The van der Waals surface area contributed by atoms with Crippen LogP contribution in [0, 0.1) is 0 Å². The van der Waals surface area contributed by atoms with E-state index in [1.807, 2.05) is 0 Å². The summed E-state index contributed by atoms with van der Waals surface area (Å²) in [6.45, 7) is 0. The third-order valence-electron chi connectivity index (χ3n) is 7.26. The molecule has 2 aliphatic carbocycles. The molecule has 4 aromatic carbocycles. The topological polar surface area (TPSA) is 238 Å². The molecule has 15 nitrogen and oxygen atoms in total. The number of amides is 2. The van der Waals surface area contributed by atoms with Crippen LogP contribution in [-0.2, 0) is 20.2 Å². The fraction of sp³-hybridized carbons (Fsp3) is 0. The number of benzene rings is 4. The predicted molar refractivity (Wildman–Crippen MR) is 185 cm³/mol. The van der Waals surface area contributed by atoms with E-state index in [4.69, 9.17) is 0 Å². The number of carbonyl (C=O) groups is 3. The number of nitrogens with one attached hydrogen (secondary N) is 4. The number of rotatable bonds is 8.